The number of benzene rings is 4. The highest BCUT2D eigenvalue weighted by Gasteiger charge is 2.20. The molecule has 7 nitrogen and oxygen atoms in total. The molecule has 0 bridgehead atoms. The number of ether oxygens (including phenoxy) is 1. The van der Waals surface area contributed by atoms with Gasteiger partial charge in [0.25, 0.3) is 15.9 Å². The van der Waals surface area contributed by atoms with Gasteiger partial charge in [-0.3, -0.25) is 9.52 Å². The lowest BCUT2D eigenvalue weighted by atomic mass is 10.2. The molecule has 4 rings (SSSR count). The van der Waals surface area contributed by atoms with Crippen molar-refractivity contribution in [1.82, 2.24) is 5.43 Å². The summed E-state index contributed by atoms with van der Waals surface area (Å²) in [4.78, 5) is 12.4. The summed E-state index contributed by atoms with van der Waals surface area (Å²) in [6, 6.07) is 26.5. The normalized spacial score (nSPS) is 11.3. The van der Waals surface area contributed by atoms with Crippen LogP contribution in [0.3, 0.4) is 0 Å². The molecule has 0 radical (unpaired) electrons. The molecule has 0 atom stereocenters. The Labute approximate surface area is 218 Å². The van der Waals surface area contributed by atoms with E-state index in [1.165, 1.54) is 36.5 Å². The number of halogens is 2. The van der Waals surface area contributed by atoms with Crippen LogP contribution in [0.1, 0.15) is 15.9 Å². The van der Waals surface area contributed by atoms with Crippen LogP contribution in [0.5, 0.6) is 11.5 Å². The SMILES string of the molecule is O=C(N/N=C/c1cccc(Oc2ccccc2)c1)c1ccc(Cl)c(S(=O)(=O)Nc2ccc(Cl)cc2)c1. The van der Waals surface area contributed by atoms with Crippen LogP contribution < -0.4 is 14.9 Å². The molecule has 0 unspecified atom stereocenters. The second-order valence-corrected chi connectivity index (χ2v) is 9.94. The fourth-order valence-corrected chi connectivity index (χ4v) is 4.80. The van der Waals surface area contributed by atoms with E-state index in [0.717, 1.165) is 0 Å². The summed E-state index contributed by atoms with van der Waals surface area (Å²) in [6.07, 6.45) is 1.45. The molecular weight excluding hydrogens is 521 g/mol. The number of rotatable bonds is 8. The van der Waals surface area contributed by atoms with Gasteiger partial charge in [-0.1, -0.05) is 53.5 Å². The quantitative estimate of drug-likeness (QED) is 0.201. The first-order valence-electron chi connectivity index (χ1n) is 10.5. The molecule has 4 aromatic carbocycles. The van der Waals surface area contributed by atoms with E-state index in [0.29, 0.717) is 27.8 Å². The van der Waals surface area contributed by atoms with E-state index < -0.39 is 15.9 Å². The van der Waals surface area contributed by atoms with Crippen molar-refractivity contribution in [1.29, 1.82) is 0 Å². The summed E-state index contributed by atoms with van der Waals surface area (Å²) in [6.45, 7) is 0. The Morgan fingerprint density at radius 2 is 1.56 bits per heavy atom. The van der Waals surface area contributed by atoms with Gasteiger partial charge < -0.3 is 4.74 Å². The molecule has 0 saturated heterocycles. The van der Waals surface area contributed by atoms with Crippen molar-refractivity contribution in [2.45, 2.75) is 4.90 Å². The van der Waals surface area contributed by atoms with Gasteiger partial charge in [-0.15, -0.1) is 0 Å². The molecule has 0 aromatic heterocycles. The van der Waals surface area contributed by atoms with Crippen LogP contribution in [0.4, 0.5) is 5.69 Å². The van der Waals surface area contributed by atoms with Crippen LogP contribution in [0.15, 0.2) is 107 Å². The molecule has 10 heteroatoms. The minimum atomic E-state index is -4.06. The zero-order valence-electron chi connectivity index (χ0n) is 18.6. The van der Waals surface area contributed by atoms with Gasteiger partial charge >= 0.3 is 0 Å². The maximum absolute atomic E-state index is 12.8. The van der Waals surface area contributed by atoms with Crippen LogP contribution in [-0.4, -0.2) is 20.5 Å². The topological polar surface area (TPSA) is 96.9 Å². The van der Waals surface area contributed by atoms with E-state index in [-0.39, 0.29) is 15.5 Å². The second kappa shape index (κ2) is 11.3. The largest absolute Gasteiger partial charge is 0.457 e. The maximum atomic E-state index is 12.8. The van der Waals surface area contributed by atoms with Crippen molar-refractivity contribution in [2.24, 2.45) is 5.10 Å². The Morgan fingerprint density at radius 1 is 0.833 bits per heavy atom. The van der Waals surface area contributed by atoms with E-state index in [1.54, 1.807) is 36.4 Å². The molecule has 4 aromatic rings. The first kappa shape index (κ1) is 25.2. The van der Waals surface area contributed by atoms with Crippen LogP contribution >= 0.6 is 23.2 Å². The van der Waals surface area contributed by atoms with E-state index in [4.69, 9.17) is 27.9 Å². The zero-order chi connectivity index (χ0) is 25.5. The lowest BCUT2D eigenvalue weighted by Gasteiger charge is -2.11. The van der Waals surface area contributed by atoms with Crippen LogP contribution in [0, 0.1) is 0 Å². The van der Waals surface area contributed by atoms with E-state index >= 15 is 0 Å². The first-order valence-corrected chi connectivity index (χ1v) is 12.8. The fourth-order valence-electron chi connectivity index (χ4n) is 3.09. The summed E-state index contributed by atoms with van der Waals surface area (Å²) < 4.78 is 33.9. The molecule has 1 amide bonds. The molecule has 0 heterocycles. The fraction of sp³-hybridized carbons (Fsp3) is 0. The molecule has 36 heavy (non-hydrogen) atoms. The lowest BCUT2D eigenvalue weighted by Crippen LogP contribution is -2.19. The van der Waals surface area contributed by atoms with Gasteiger partial charge in [0.15, 0.2) is 0 Å². The van der Waals surface area contributed by atoms with Crippen LogP contribution in [0.25, 0.3) is 0 Å². The third kappa shape index (κ3) is 6.63. The highest BCUT2D eigenvalue weighted by Crippen LogP contribution is 2.26. The average molecular weight is 540 g/mol. The third-order valence-corrected chi connectivity index (χ3v) is 6.91. The zero-order valence-corrected chi connectivity index (χ0v) is 20.9. The van der Waals surface area contributed by atoms with Gasteiger partial charge in [0.1, 0.15) is 16.4 Å². The van der Waals surface area contributed by atoms with Gasteiger partial charge in [0, 0.05) is 16.3 Å². The van der Waals surface area contributed by atoms with Crippen molar-refractivity contribution in [2.75, 3.05) is 4.72 Å². The summed E-state index contributed by atoms with van der Waals surface area (Å²) in [5.41, 5.74) is 3.44. The summed E-state index contributed by atoms with van der Waals surface area (Å²) in [7, 11) is -4.06. The Hall–Kier alpha value is -3.85. The number of anilines is 1. The number of hydrogen-bond acceptors (Lipinski definition) is 5. The van der Waals surface area contributed by atoms with Gasteiger partial charge in [-0.25, -0.2) is 13.8 Å². The van der Waals surface area contributed by atoms with Crippen molar-refractivity contribution < 1.29 is 17.9 Å². The number of hydrogen-bond donors (Lipinski definition) is 2. The average Bonchev–Trinajstić information content (AvgIpc) is 2.86. The lowest BCUT2D eigenvalue weighted by molar-refractivity contribution is 0.0955. The number of nitrogens with zero attached hydrogens (tertiary/aromatic N) is 1. The minimum absolute atomic E-state index is 0.0354. The van der Waals surface area contributed by atoms with Crippen molar-refractivity contribution >= 4 is 51.0 Å². The molecule has 0 aliphatic heterocycles. The second-order valence-electron chi connectivity index (χ2n) is 7.44. The number of carbonyl (C=O) groups excluding carboxylic acids is 1. The predicted molar refractivity (Wildman–Crippen MR) is 142 cm³/mol. The van der Waals surface area contributed by atoms with Gasteiger partial charge in [0.05, 0.1) is 11.2 Å². The summed E-state index contributed by atoms with van der Waals surface area (Å²) in [5.74, 6) is 0.693. The first-order chi connectivity index (χ1) is 17.3. The molecular formula is C26H19Cl2N3O4S. The molecule has 0 aliphatic carbocycles. The number of para-hydroxylation sites is 1. The minimum Gasteiger partial charge on any atom is -0.457 e. The smallest absolute Gasteiger partial charge is 0.271 e. The van der Waals surface area contributed by atoms with Crippen molar-refractivity contribution in [3.05, 3.63) is 118 Å². The predicted octanol–water partition coefficient (Wildman–Crippen LogP) is 6.35. The monoisotopic (exact) mass is 539 g/mol. The van der Waals surface area contributed by atoms with Gasteiger partial charge in [0.2, 0.25) is 0 Å². The maximum Gasteiger partial charge on any atom is 0.271 e. The molecule has 0 aliphatic rings. The third-order valence-electron chi connectivity index (χ3n) is 4.80. The van der Waals surface area contributed by atoms with Crippen LogP contribution in [-0.2, 0) is 10.0 Å². The number of nitrogens with one attached hydrogen (secondary N) is 2. The number of sulfonamides is 1. The molecule has 0 fully saturated rings. The molecule has 182 valence electrons. The van der Waals surface area contributed by atoms with Crippen LogP contribution in [0.2, 0.25) is 10.0 Å². The number of hydrazone groups is 1. The van der Waals surface area contributed by atoms with E-state index in [1.807, 2.05) is 30.3 Å². The molecule has 0 saturated carbocycles. The van der Waals surface area contributed by atoms with E-state index in [9.17, 15) is 13.2 Å². The number of amides is 1. The van der Waals surface area contributed by atoms with Gasteiger partial charge in [-0.2, -0.15) is 5.10 Å². The highest BCUT2D eigenvalue weighted by atomic mass is 35.5. The number of carbonyl (C=O) groups is 1. The van der Waals surface area contributed by atoms with Crippen molar-refractivity contribution in [3.8, 4) is 11.5 Å². The van der Waals surface area contributed by atoms with Crippen molar-refractivity contribution in [3.63, 3.8) is 0 Å². The Balaban J connectivity index is 1.44. The molecule has 2 N–H and O–H groups in total. The molecule has 0 spiro atoms. The van der Waals surface area contributed by atoms with Gasteiger partial charge in [-0.05, 0) is 72.3 Å². The standard InChI is InChI=1S/C26H19Cl2N3O4S/c27-20-10-12-21(13-11-20)31-36(33,34)25-16-19(9-14-24(25)28)26(32)30-29-17-18-5-4-8-23(15-18)35-22-6-2-1-3-7-22/h1-17,31H,(H,30,32)/b29-17+. The highest BCUT2D eigenvalue weighted by molar-refractivity contribution is 7.92. The Morgan fingerprint density at radius 3 is 2.31 bits per heavy atom. The Kier molecular flexibility index (Phi) is 7.90. The van der Waals surface area contributed by atoms with E-state index in [2.05, 4.69) is 15.2 Å². The summed E-state index contributed by atoms with van der Waals surface area (Å²) >= 11 is 12.0. The summed E-state index contributed by atoms with van der Waals surface area (Å²) in [5, 5.41) is 4.39. The Bertz CT molecular complexity index is 1510.